The third-order valence-corrected chi connectivity index (χ3v) is 3.62. The predicted molar refractivity (Wildman–Crippen MR) is 82.0 cm³/mol. The topological polar surface area (TPSA) is 70.2 Å². The van der Waals surface area contributed by atoms with Gasteiger partial charge in [-0.05, 0) is 30.2 Å². The van der Waals surface area contributed by atoms with Crippen LogP contribution in [0.4, 0.5) is 0 Å². The van der Waals surface area contributed by atoms with Crippen molar-refractivity contribution >= 4 is 39.8 Å². The SMILES string of the molecule is CC(=O)SCCC=Cc1ccc2[nH]c(C(=O)O)cc2c1. The molecule has 0 spiro atoms. The van der Waals surface area contributed by atoms with E-state index in [1.165, 1.54) is 11.8 Å². The zero-order valence-corrected chi connectivity index (χ0v) is 11.9. The molecular formula is C15H15NO3S. The van der Waals surface area contributed by atoms with Crippen molar-refractivity contribution in [1.82, 2.24) is 4.98 Å². The Morgan fingerprint density at radius 3 is 2.85 bits per heavy atom. The van der Waals surface area contributed by atoms with Crippen molar-refractivity contribution in [1.29, 1.82) is 0 Å². The number of hydrogen-bond donors (Lipinski definition) is 2. The van der Waals surface area contributed by atoms with Crippen molar-refractivity contribution in [3.05, 3.63) is 41.6 Å². The Balaban J connectivity index is 2.05. The lowest BCUT2D eigenvalue weighted by Crippen LogP contribution is -1.94. The van der Waals surface area contributed by atoms with E-state index in [9.17, 15) is 9.59 Å². The summed E-state index contributed by atoms with van der Waals surface area (Å²) in [6.07, 6.45) is 4.82. The van der Waals surface area contributed by atoms with E-state index in [0.29, 0.717) is 0 Å². The average molecular weight is 289 g/mol. The highest BCUT2D eigenvalue weighted by Crippen LogP contribution is 2.18. The van der Waals surface area contributed by atoms with E-state index in [0.717, 1.165) is 28.6 Å². The first kappa shape index (κ1) is 14.4. The van der Waals surface area contributed by atoms with E-state index in [4.69, 9.17) is 5.11 Å². The van der Waals surface area contributed by atoms with Gasteiger partial charge in [0.15, 0.2) is 5.12 Å². The first-order valence-corrected chi connectivity index (χ1v) is 7.21. The van der Waals surface area contributed by atoms with Crippen LogP contribution in [-0.2, 0) is 4.79 Å². The molecule has 0 aliphatic rings. The molecule has 0 saturated carbocycles. The molecule has 5 heteroatoms. The molecule has 0 saturated heterocycles. The number of carbonyl (C=O) groups is 2. The van der Waals surface area contributed by atoms with Gasteiger partial charge in [0.1, 0.15) is 5.69 Å². The van der Waals surface area contributed by atoms with E-state index in [-0.39, 0.29) is 10.8 Å². The maximum absolute atomic E-state index is 10.9. The first-order chi connectivity index (χ1) is 9.56. The van der Waals surface area contributed by atoms with Crippen LogP contribution in [0.5, 0.6) is 0 Å². The van der Waals surface area contributed by atoms with Crippen molar-refractivity contribution in [3.63, 3.8) is 0 Å². The summed E-state index contributed by atoms with van der Waals surface area (Å²) in [7, 11) is 0. The summed E-state index contributed by atoms with van der Waals surface area (Å²) in [6.45, 7) is 1.56. The fourth-order valence-electron chi connectivity index (χ4n) is 1.86. The number of nitrogens with one attached hydrogen (secondary N) is 1. The molecule has 0 atom stereocenters. The number of carboxylic acid groups (broad SMARTS) is 1. The number of rotatable bonds is 5. The number of aromatic carboxylic acids is 1. The molecule has 1 aromatic carbocycles. The molecule has 2 N–H and O–H groups in total. The molecule has 0 radical (unpaired) electrons. The van der Waals surface area contributed by atoms with Gasteiger partial charge in [-0.25, -0.2) is 4.79 Å². The third-order valence-electron chi connectivity index (χ3n) is 2.78. The highest BCUT2D eigenvalue weighted by Gasteiger charge is 2.06. The van der Waals surface area contributed by atoms with Crippen LogP contribution in [0, 0.1) is 0 Å². The Kier molecular flexibility index (Phi) is 4.63. The zero-order chi connectivity index (χ0) is 14.5. The van der Waals surface area contributed by atoms with Crippen LogP contribution >= 0.6 is 11.8 Å². The summed E-state index contributed by atoms with van der Waals surface area (Å²) < 4.78 is 0. The average Bonchev–Trinajstić information content (AvgIpc) is 2.81. The number of thioether (sulfide) groups is 1. The fraction of sp³-hybridized carbons (Fsp3) is 0.200. The van der Waals surface area contributed by atoms with E-state index in [1.54, 1.807) is 13.0 Å². The van der Waals surface area contributed by atoms with Gasteiger partial charge in [-0.15, -0.1) is 0 Å². The van der Waals surface area contributed by atoms with E-state index in [1.807, 2.05) is 30.4 Å². The summed E-state index contributed by atoms with van der Waals surface area (Å²) in [5, 5.41) is 9.94. The van der Waals surface area contributed by atoms with Crippen molar-refractivity contribution in [3.8, 4) is 0 Å². The maximum Gasteiger partial charge on any atom is 0.352 e. The lowest BCUT2D eigenvalue weighted by molar-refractivity contribution is -0.109. The summed E-state index contributed by atoms with van der Waals surface area (Å²) in [6, 6.07) is 7.36. The van der Waals surface area contributed by atoms with Crippen molar-refractivity contribution in [2.75, 3.05) is 5.75 Å². The van der Waals surface area contributed by atoms with Gasteiger partial charge in [0.25, 0.3) is 0 Å². The lowest BCUT2D eigenvalue weighted by Gasteiger charge is -1.95. The molecule has 0 fully saturated rings. The minimum atomic E-state index is -0.959. The minimum absolute atomic E-state index is 0.133. The minimum Gasteiger partial charge on any atom is -0.477 e. The number of carboxylic acids is 1. The molecule has 0 unspecified atom stereocenters. The van der Waals surface area contributed by atoms with Gasteiger partial charge in [0.2, 0.25) is 0 Å². The Bertz CT molecular complexity index is 673. The quantitative estimate of drug-likeness (QED) is 0.826. The summed E-state index contributed by atoms with van der Waals surface area (Å²) in [5.41, 5.74) is 2.02. The molecule has 104 valence electrons. The number of allylic oxidation sites excluding steroid dienone is 1. The van der Waals surface area contributed by atoms with E-state index in [2.05, 4.69) is 4.98 Å². The normalized spacial score (nSPS) is 11.2. The number of fused-ring (bicyclic) bond motifs is 1. The molecule has 1 aromatic heterocycles. The Morgan fingerprint density at radius 1 is 1.35 bits per heavy atom. The van der Waals surface area contributed by atoms with Gasteiger partial charge < -0.3 is 10.1 Å². The Labute approximate surface area is 120 Å². The fourth-order valence-corrected chi connectivity index (χ4v) is 2.40. The summed E-state index contributed by atoms with van der Waals surface area (Å²) >= 11 is 1.32. The van der Waals surface area contributed by atoms with Gasteiger partial charge in [-0.1, -0.05) is 30.0 Å². The highest BCUT2D eigenvalue weighted by molar-refractivity contribution is 8.13. The number of benzene rings is 1. The molecule has 0 bridgehead atoms. The third kappa shape index (κ3) is 3.74. The molecule has 0 aliphatic heterocycles. The second kappa shape index (κ2) is 6.43. The van der Waals surface area contributed by atoms with E-state index >= 15 is 0 Å². The van der Waals surface area contributed by atoms with Gasteiger partial charge in [0.05, 0.1) is 0 Å². The Hall–Kier alpha value is -2.01. The Morgan fingerprint density at radius 2 is 2.15 bits per heavy atom. The van der Waals surface area contributed by atoms with Crippen LogP contribution in [-0.4, -0.2) is 26.9 Å². The van der Waals surface area contributed by atoms with Gasteiger partial charge in [-0.2, -0.15) is 0 Å². The maximum atomic E-state index is 10.9. The molecule has 4 nitrogen and oxygen atoms in total. The molecular weight excluding hydrogens is 274 g/mol. The smallest absolute Gasteiger partial charge is 0.352 e. The molecule has 0 aliphatic carbocycles. The van der Waals surface area contributed by atoms with E-state index < -0.39 is 5.97 Å². The lowest BCUT2D eigenvalue weighted by atomic mass is 10.1. The molecule has 0 amide bonds. The largest absolute Gasteiger partial charge is 0.477 e. The zero-order valence-electron chi connectivity index (χ0n) is 11.1. The van der Waals surface area contributed by atoms with Gasteiger partial charge >= 0.3 is 5.97 Å². The van der Waals surface area contributed by atoms with Gasteiger partial charge in [0, 0.05) is 23.6 Å². The van der Waals surface area contributed by atoms with Crippen LogP contribution in [0.1, 0.15) is 29.4 Å². The number of aromatic amines is 1. The standard InChI is InChI=1S/C15H15NO3S/c1-10(17)20-7-3-2-4-11-5-6-13-12(8-11)9-14(16-13)15(18)19/h2,4-6,8-9,16H,3,7H2,1H3,(H,18,19). The molecule has 20 heavy (non-hydrogen) atoms. The van der Waals surface area contributed by atoms with Crippen LogP contribution in [0.15, 0.2) is 30.3 Å². The summed E-state index contributed by atoms with van der Waals surface area (Å²) in [5.74, 6) is -0.180. The second-order valence-corrected chi connectivity index (χ2v) is 5.64. The highest BCUT2D eigenvalue weighted by atomic mass is 32.2. The number of carbonyl (C=O) groups excluding carboxylic acids is 1. The van der Waals surface area contributed by atoms with Crippen molar-refractivity contribution in [2.45, 2.75) is 13.3 Å². The van der Waals surface area contributed by atoms with Gasteiger partial charge in [-0.3, -0.25) is 4.79 Å². The van der Waals surface area contributed by atoms with Crippen molar-refractivity contribution in [2.24, 2.45) is 0 Å². The molecule has 1 heterocycles. The van der Waals surface area contributed by atoms with Crippen molar-refractivity contribution < 1.29 is 14.7 Å². The monoisotopic (exact) mass is 289 g/mol. The van der Waals surface area contributed by atoms with Crippen LogP contribution in [0.25, 0.3) is 17.0 Å². The number of hydrogen-bond acceptors (Lipinski definition) is 3. The predicted octanol–water partition coefficient (Wildman–Crippen LogP) is 3.55. The van der Waals surface area contributed by atoms with Crippen LogP contribution < -0.4 is 0 Å². The van der Waals surface area contributed by atoms with Crippen LogP contribution in [0.2, 0.25) is 0 Å². The number of H-pyrrole nitrogens is 1. The molecule has 2 aromatic rings. The second-order valence-electron chi connectivity index (χ2n) is 4.37. The van der Waals surface area contributed by atoms with Crippen LogP contribution in [0.3, 0.4) is 0 Å². The molecule has 2 rings (SSSR count). The summed E-state index contributed by atoms with van der Waals surface area (Å²) in [4.78, 5) is 24.5. The number of aromatic nitrogens is 1. The first-order valence-electron chi connectivity index (χ1n) is 6.22.